The maximum atomic E-state index is 12.2. The zero-order valence-corrected chi connectivity index (χ0v) is 16.3. The molecule has 7 heteroatoms. The molecular formula is C20H24ClN3O3. The van der Waals surface area contributed by atoms with Crippen molar-refractivity contribution >= 4 is 29.9 Å². The lowest BCUT2D eigenvalue weighted by Gasteiger charge is -2.24. The average molecular weight is 390 g/mol. The highest BCUT2D eigenvalue weighted by Gasteiger charge is 2.25. The third-order valence-electron chi connectivity index (χ3n) is 3.88. The van der Waals surface area contributed by atoms with Crippen molar-refractivity contribution in [1.82, 2.24) is 4.90 Å². The van der Waals surface area contributed by atoms with Crippen LogP contribution in [0.5, 0.6) is 5.75 Å². The maximum absolute atomic E-state index is 12.2. The van der Waals surface area contributed by atoms with E-state index in [1.54, 1.807) is 0 Å². The number of benzene rings is 2. The summed E-state index contributed by atoms with van der Waals surface area (Å²) < 4.78 is 11.5. The van der Waals surface area contributed by atoms with Crippen molar-refractivity contribution in [2.45, 2.75) is 6.42 Å². The van der Waals surface area contributed by atoms with E-state index in [0.29, 0.717) is 23.9 Å². The summed E-state index contributed by atoms with van der Waals surface area (Å²) in [6.07, 6.45) is 0.920. The number of carbonyl (C=O) groups excluding carboxylic acids is 1. The van der Waals surface area contributed by atoms with Gasteiger partial charge in [-0.1, -0.05) is 30.3 Å². The molecule has 0 saturated heterocycles. The van der Waals surface area contributed by atoms with Crippen molar-refractivity contribution in [2.24, 2.45) is 5.10 Å². The van der Waals surface area contributed by atoms with E-state index >= 15 is 0 Å². The van der Waals surface area contributed by atoms with Gasteiger partial charge in [-0.3, -0.25) is 4.79 Å². The number of ether oxygens (including phenoxy) is 2. The number of rotatable bonds is 7. The van der Waals surface area contributed by atoms with Gasteiger partial charge in [0, 0.05) is 6.54 Å². The fourth-order valence-electron chi connectivity index (χ4n) is 2.60. The Balaban J connectivity index is 0.00000261. The lowest BCUT2D eigenvalue weighted by Crippen LogP contribution is -2.36. The summed E-state index contributed by atoms with van der Waals surface area (Å²) >= 11 is 0. The third kappa shape index (κ3) is 5.45. The number of anilines is 1. The number of nitrogens with zero attached hydrogens (tertiary/aromatic N) is 3. The van der Waals surface area contributed by atoms with Gasteiger partial charge in [0.05, 0.1) is 17.9 Å². The van der Waals surface area contributed by atoms with Gasteiger partial charge in [0.2, 0.25) is 5.90 Å². The van der Waals surface area contributed by atoms with Crippen LogP contribution in [-0.4, -0.2) is 50.6 Å². The van der Waals surface area contributed by atoms with E-state index in [1.807, 2.05) is 68.7 Å². The molecule has 0 saturated carbocycles. The van der Waals surface area contributed by atoms with Gasteiger partial charge in [-0.2, -0.15) is 5.01 Å². The minimum Gasteiger partial charge on any atom is -0.493 e. The molecule has 1 heterocycles. The van der Waals surface area contributed by atoms with Crippen LogP contribution in [0.15, 0.2) is 59.7 Å². The molecule has 1 aliphatic rings. The molecule has 2 aromatic rings. The Labute approximate surface area is 165 Å². The first-order valence-corrected chi connectivity index (χ1v) is 8.61. The van der Waals surface area contributed by atoms with Crippen LogP contribution in [0.4, 0.5) is 5.69 Å². The van der Waals surface area contributed by atoms with E-state index in [-0.39, 0.29) is 24.9 Å². The molecule has 0 unspecified atom stereocenters. The van der Waals surface area contributed by atoms with E-state index < -0.39 is 0 Å². The number of hydrogen-bond acceptors (Lipinski definition) is 5. The van der Waals surface area contributed by atoms with Crippen molar-refractivity contribution in [3.8, 4) is 5.75 Å². The molecule has 144 valence electrons. The fourth-order valence-corrected chi connectivity index (χ4v) is 2.60. The van der Waals surface area contributed by atoms with Crippen LogP contribution in [0.3, 0.4) is 0 Å². The molecule has 0 N–H and O–H groups in total. The lowest BCUT2D eigenvalue weighted by molar-refractivity contribution is -0.121. The van der Waals surface area contributed by atoms with Gasteiger partial charge in [0.25, 0.3) is 5.91 Å². The van der Waals surface area contributed by atoms with Gasteiger partial charge in [-0.05, 0) is 44.8 Å². The molecule has 0 atom stereocenters. The predicted octanol–water partition coefficient (Wildman–Crippen LogP) is 3.16. The van der Waals surface area contributed by atoms with E-state index in [9.17, 15) is 4.79 Å². The Morgan fingerprint density at radius 3 is 2.56 bits per heavy atom. The smallest absolute Gasteiger partial charge is 0.285 e. The molecule has 1 aliphatic heterocycles. The highest BCUT2D eigenvalue weighted by atomic mass is 35.5. The van der Waals surface area contributed by atoms with Gasteiger partial charge in [-0.25, -0.2) is 0 Å². The Hall–Kier alpha value is -2.57. The van der Waals surface area contributed by atoms with Crippen molar-refractivity contribution in [3.05, 3.63) is 60.2 Å². The van der Waals surface area contributed by atoms with Crippen LogP contribution in [0.2, 0.25) is 0 Å². The Bertz CT molecular complexity index is 781. The molecule has 0 aliphatic carbocycles. The topological polar surface area (TPSA) is 54.4 Å². The van der Waals surface area contributed by atoms with Gasteiger partial charge in [0.15, 0.2) is 6.61 Å². The van der Waals surface area contributed by atoms with Crippen LogP contribution in [0.25, 0.3) is 0 Å². The molecule has 0 spiro atoms. The van der Waals surface area contributed by atoms with E-state index in [4.69, 9.17) is 9.47 Å². The minimum atomic E-state index is -0.204. The van der Waals surface area contributed by atoms with Gasteiger partial charge >= 0.3 is 0 Å². The molecule has 27 heavy (non-hydrogen) atoms. The van der Waals surface area contributed by atoms with Crippen molar-refractivity contribution < 1.29 is 14.3 Å². The molecule has 0 bridgehead atoms. The zero-order chi connectivity index (χ0) is 18.4. The number of hydrazone groups is 1. The molecule has 1 amide bonds. The summed E-state index contributed by atoms with van der Waals surface area (Å²) in [5, 5.41) is 5.79. The standard InChI is InChI=1S/C20H23N3O3.ClH/c1-22(2)13-8-14-25-18-12-7-6-11-17(18)20-21-23(19(24)15-26-20)16-9-4-3-5-10-16;/h3-7,9-12H,8,13-15H2,1-2H3;1H. The summed E-state index contributed by atoms with van der Waals surface area (Å²) in [5.74, 6) is 0.883. The van der Waals surface area contributed by atoms with Crippen LogP contribution in [0, 0.1) is 0 Å². The summed E-state index contributed by atoms with van der Waals surface area (Å²) in [6, 6.07) is 16.9. The molecular weight excluding hydrogens is 366 g/mol. The van der Waals surface area contributed by atoms with E-state index in [1.165, 1.54) is 5.01 Å². The second kappa shape index (κ2) is 9.94. The highest BCUT2D eigenvalue weighted by Crippen LogP contribution is 2.24. The number of halogens is 1. The maximum Gasteiger partial charge on any atom is 0.285 e. The van der Waals surface area contributed by atoms with Crippen molar-refractivity contribution in [1.29, 1.82) is 0 Å². The summed E-state index contributed by atoms with van der Waals surface area (Å²) in [5.41, 5.74) is 1.45. The fraction of sp³-hybridized carbons (Fsp3) is 0.300. The molecule has 2 aromatic carbocycles. The second-order valence-corrected chi connectivity index (χ2v) is 6.24. The highest BCUT2D eigenvalue weighted by molar-refractivity contribution is 6.05. The number of amides is 1. The van der Waals surface area contributed by atoms with Crippen LogP contribution in [-0.2, 0) is 9.53 Å². The Morgan fingerprint density at radius 1 is 1.11 bits per heavy atom. The summed E-state index contributed by atoms with van der Waals surface area (Å²) in [4.78, 5) is 14.3. The SMILES string of the molecule is CN(C)CCCOc1ccccc1C1=NN(c2ccccc2)C(=O)CO1.Cl. The molecule has 0 fully saturated rings. The van der Waals surface area contributed by atoms with E-state index in [2.05, 4.69) is 10.0 Å². The first-order valence-electron chi connectivity index (χ1n) is 8.61. The minimum absolute atomic E-state index is 0. The summed E-state index contributed by atoms with van der Waals surface area (Å²) in [6.45, 7) is 1.50. The number of carbonyl (C=O) groups is 1. The second-order valence-electron chi connectivity index (χ2n) is 6.24. The molecule has 6 nitrogen and oxygen atoms in total. The summed E-state index contributed by atoms with van der Waals surface area (Å²) in [7, 11) is 4.07. The third-order valence-corrected chi connectivity index (χ3v) is 3.88. The number of hydrogen-bond donors (Lipinski definition) is 0. The van der Waals surface area contributed by atoms with Crippen LogP contribution in [0.1, 0.15) is 12.0 Å². The Morgan fingerprint density at radius 2 is 1.81 bits per heavy atom. The molecule has 3 rings (SSSR count). The quantitative estimate of drug-likeness (QED) is 0.682. The Kier molecular flexibility index (Phi) is 7.64. The average Bonchev–Trinajstić information content (AvgIpc) is 2.66. The van der Waals surface area contributed by atoms with Crippen molar-refractivity contribution in [3.63, 3.8) is 0 Å². The van der Waals surface area contributed by atoms with E-state index in [0.717, 1.165) is 18.5 Å². The molecule has 0 aromatic heterocycles. The van der Waals surface area contributed by atoms with Crippen LogP contribution >= 0.6 is 12.4 Å². The first kappa shape index (κ1) is 20.7. The largest absolute Gasteiger partial charge is 0.493 e. The van der Waals surface area contributed by atoms with Gasteiger partial charge in [0.1, 0.15) is 5.75 Å². The van der Waals surface area contributed by atoms with Crippen molar-refractivity contribution in [2.75, 3.05) is 38.9 Å². The molecule has 0 radical (unpaired) electrons. The lowest BCUT2D eigenvalue weighted by atomic mass is 10.2. The van der Waals surface area contributed by atoms with Crippen LogP contribution < -0.4 is 9.75 Å². The zero-order valence-electron chi connectivity index (χ0n) is 15.5. The first-order chi connectivity index (χ1) is 12.6. The predicted molar refractivity (Wildman–Crippen MR) is 109 cm³/mol. The van der Waals surface area contributed by atoms with Gasteiger partial charge in [-0.15, -0.1) is 17.5 Å². The number of para-hydroxylation sites is 2. The van der Waals surface area contributed by atoms with Gasteiger partial charge < -0.3 is 14.4 Å². The normalized spacial score (nSPS) is 13.7. The monoisotopic (exact) mass is 389 g/mol.